The maximum Gasteiger partial charge on any atom is 0.229 e. The van der Waals surface area contributed by atoms with E-state index < -0.39 is 20.7 Å². The van der Waals surface area contributed by atoms with Gasteiger partial charge < -0.3 is 11.1 Å². The van der Waals surface area contributed by atoms with Crippen molar-refractivity contribution in [1.82, 2.24) is 4.98 Å². The zero-order valence-electron chi connectivity index (χ0n) is 15.8. The summed E-state index contributed by atoms with van der Waals surface area (Å²) in [7, 11) is -3.71. The lowest BCUT2D eigenvalue weighted by atomic mass is 10.1. The number of amides is 1. The number of carbonyl (C=O) groups excluding carboxylic acids is 1. The van der Waals surface area contributed by atoms with Crippen LogP contribution in [0.5, 0.6) is 0 Å². The van der Waals surface area contributed by atoms with Gasteiger partial charge in [-0.3, -0.25) is 4.79 Å². The molecule has 0 fully saturated rings. The Labute approximate surface area is 172 Å². The molecule has 6 nitrogen and oxygen atoms in total. The molecule has 3 N–H and O–H groups in total. The minimum Gasteiger partial charge on any atom is -0.317 e. The molecule has 1 aromatic carbocycles. The van der Waals surface area contributed by atoms with Crippen LogP contribution in [0.3, 0.4) is 0 Å². The highest BCUT2D eigenvalue weighted by Gasteiger charge is 2.31. The molecular formula is C20H20FN3O3S2. The van der Waals surface area contributed by atoms with E-state index in [0.29, 0.717) is 16.1 Å². The van der Waals surface area contributed by atoms with Crippen molar-refractivity contribution in [2.24, 2.45) is 5.73 Å². The Hall–Kier alpha value is -2.62. The standard InChI is InChI=1S/C20H20FN3O3S2/c1-20(2,22)29(26,27)16-5-3-4-13(8-16)9-18(25)24-19-11-15(12-28-19)14-6-7-23-17(21)10-14/h3-8,10-12H,9,22H2,1-2H3,(H,24,25). The van der Waals surface area contributed by atoms with Gasteiger partial charge in [0.15, 0.2) is 9.84 Å². The minimum absolute atomic E-state index is 0.00543. The second kappa shape index (κ2) is 8.02. The zero-order valence-corrected chi connectivity index (χ0v) is 17.5. The van der Waals surface area contributed by atoms with Gasteiger partial charge in [-0.25, -0.2) is 13.4 Å². The van der Waals surface area contributed by atoms with Crippen LogP contribution in [0.1, 0.15) is 19.4 Å². The summed E-state index contributed by atoms with van der Waals surface area (Å²) in [5.41, 5.74) is 7.75. The van der Waals surface area contributed by atoms with E-state index in [2.05, 4.69) is 10.3 Å². The average molecular weight is 434 g/mol. The molecule has 0 spiro atoms. The summed E-state index contributed by atoms with van der Waals surface area (Å²) in [6.07, 6.45) is 1.38. The summed E-state index contributed by atoms with van der Waals surface area (Å²) in [5, 5.41) is 5.19. The lowest BCUT2D eigenvalue weighted by Gasteiger charge is -2.19. The lowest BCUT2D eigenvalue weighted by molar-refractivity contribution is -0.115. The van der Waals surface area contributed by atoms with E-state index in [4.69, 9.17) is 5.73 Å². The van der Waals surface area contributed by atoms with Crippen LogP contribution in [0.2, 0.25) is 0 Å². The maximum absolute atomic E-state index is 13.3. The van der Waals surface area contributed by atoms with Gasteiger partial charge >= 0.3 is 0 Å². The molecular weight excluding hydrogens is 413 g/mol. The van der Waals surface area contributed by atoms with Crippen molar-refractivity contribution in [3.8, 4) is 11.1 Å². The number of rotatable bonds is 6. The highest BCUT2D eigenvalue weighted by molar-refractivity contribution is 7.92. The van der Waals surface area contributed by atoms with Gasteiger partial charge in [-0.15, -0.1) is 11.3 Å². The first-order valence-corrected chi connectivity index (χ1v) is 11.1. The molecule has 0 saturated heterocycles. The highest BCUT2D eigenvalue weighted by atomic mass is 32.2. The van der Waals surface area contributed by atoms with E-state index in [1.54, 1.807) is 29.6 Å². The molecule has 0 atom stereocenters. The van der Waals surface area contributed by atoms with Crippen molar-refractivity contribution < 1.29 is 17.6 Å². The van der Waals surface area contributed by atoms with E-state index in [1.807, 2.05) is 0 Å². The Morgan fingerprint density at radius 1 is 1.21 bits per heavy atom. The van der Waals surface area contributed by atoms with Crippen LogP contribution in [0.15, 0.2) is 58.9 Å². The second-order valence-electron chi connectivity index (χ2n) is 7.05. The Bertz CT molecular complexity index is 1150. The fraction of sp³-hybridized carbons (Fsp3) is 0.200. The highest BCUT2D eigenvalue weighted by Crippen LogP contribution is 2.29. The third-order valence-corrected chi connectivity index (χ3v) is 7.29. The van der Waals surface area contributed by atoms with E-state index in [1.165, 1.54) is 49.6 Å². The summed E-state index contributed by atoms with van der Waals surface area (Å²) < 4.78 is 38.3. The first kappa shape index (κ1) is 21.1. The fourth-order valence-corrected chi connectivity index (χ4v) is 4.63. The monoisotopic (exact) mass is 433 g/mol. The van der Waals surface area contributed by atoms with E-state index in [9.17, 15) is 17.6 Å². The van der Waals surface area contributed by atoms with E-state index in [-0.39, 0.29) is 17.2 Å². The molecule has 2 aromatic heterocycles. The van der Waals surface area contributed by atoms with Crippen LogP contribution in [0.25, 0.3) is 11.1 Å². The summed E-state index contributed by atoms with van der Waals surface area (Å²) in [5.74, 6) is -0.865. The van der Waals surface area contributed by atoms with Gasteiger partial charge in [-0.2, -0.15) is 4.39 Å². The first-order chi connectivity index (χ1) is 13.6. The molecule has 29 heavy (non-hydrogen) atoms. The number of nitrogens with two attached hydrogens (primary N) is 1. The molecule has 3 rings (SSSR count). The summed E-state index contributed by atoms with van der Waals surface area (Å²) in [4.78, 5) is 14.6. The van der Waals surface area contributed by atoms with Gasteiger partial charge in [-0.05, 0) is 54.8 Å². The van der Waals surface area contributed by atoms with Gasteiger partial charge in [0.2, 0.25) is 11.9 Å². The van der Waals surface area contributed by atoms with Gasteiger partial charge in [0.1, 0.15) is 4.87 Å². The molecule has 0 aliphatic carbocycles. The Balaban J connectivity index is 1.72. The predicted octanol–water partition coefficient (Wildman–Crippen LogP) is 3.60. The Morgan fingerprint density at radius 3 is 2.66 bits per heavy atom. The quantitative estimate of drug-likeness (QED) is 0.578. The predicted molar refractivity (Wildman–Crippen MR) is 112 cm³/mol. The van der Waals surface area contributed by atoms with Gasteiger partial charge in [0.05, 0.1) is 16.3 Å². The molecule has 2 heterocycles. The van der Waals surface area contributed by atoms with Gasteiger partial charge in [-0.1, -0.05) is 12.1 Å². The number of anilines is 1. The largest absolute Gasteiger partial charge is 0.317 e. The third kappa shape index (κ3) is 4.87. The average Bonchev–Trinajstić information content (AvgIpc) is 3.09. The second-order valence-corrected chi connectivity index (χ2v) is 10.5. The number of hydrogen-bond acceptors (Lipinski definition) is 6. The van der Waals surface area contributed by atoms with Crippen molar-refractivity contribution >= 4 is 32.1 Å². The number of thiophene rings is 1. The number of benzene rings is 1. The first-order valence-electron chi connectivity index (χ1n) is 8.69. The molecule has 0 saturated carbocycles. The number of aromatic nitrogens is 1. The summed E-state index contributed by atoms with van der Waals surface area (Å²) in [6.45, 7) is 2.84. The van der Waals surface area contributed by atoms with Gasteiger partial charge in [0.25, 0.3) is 0 Å². The SMILES string of the molecule is CC(C)(N)S(=O)(=O)c1cccc(CC(=O)Nc2cc(-c3ccnc(F)c3)cs2)c1. The van der Waals surface area contributed by atoms with Crippen LogP contribution in [-0.2, 0) is 21.1 Å². The maximum atomic E-state index is 13.3. The van der Waals surface area contributed by atoms with Crippen LogP contribution >= 0.6 is 11.3 Å². The van der Waals surface area contributed by atoms with Crippen molar-refractivity contribution in [2.75, 3.05) is 5.32 Å². The molecule has 0 aliphatic heterocycles. The Morgan fingerprint density at radius 2 is 1.97 bits per heavy atom. The van der Waals surface area contributed by atoms with E-state index in [0.717, 1.165) is 5.56 Å². The number of nitrogens with one attached hydrogen (secondary N) is 1. The molecule has 0 aliphatic rings. The fourth-order valence-electron chi connectivity index (χ4n) is 2.63. The number of carbonyl (C=O) groups is 1. The van der Waals surface area contributed by atoms with Crippen molar-refractivity contribution in [3.05, 3.63) is 65.6 Å². The molecule has 3 aromatic rings. The number of hydrogen-bond donors (Lipinski definition) is 2. The normalized spacial score (nSPS) is 12.0. The molecule has 152 valence electrons. The minimum atomic E-state index is -3.71. The van der Waals surface area contributed by atoms with Crippen LogP contribution in [0.4, 0.5) is 9.39 Å². The number of pyridine rings is 1. The number of sulfone groups is 1. The Kier molecular flexibility index (Phi) is 5.83. The summed E-state index contributed by atoms with van der Waals surface area (Å²) in [6, 6.07) is 10.9. The topological polar surface area (TPSA) is 102 Å². The van der Waals surface area contributed by atoms with Gasteiger partial charge in [0, 0.05) is 17.6 Å². The zero-order chi connectivity index (χ0) is 21.2. The molecule has 0 radical (unpaired) electrons. The van der Waals surface area contributed by atoms with E-state index >= 15 is 0 Å². The smallest absolute Gasteiger partial charge is 0.229 e. The van der Waals surface area contributed by atoms with Crippen molar-refractivity contribution in [3.63, 3.8) is 0 Å². The lowest BCUT2D eigenvalue weighted by Crippen LogP contribution is -2.41. The molecule has 1 amide bonds. The summed E-state index contributed by atoms with van der Waals surface area (Å²) >= 11 is 1.31. The van der Waals surface area contributed by atoms with Crippen molar-refractivity contribution in [2.45, 2.75) is 30.0 Å². The third-order valence-electron chi connectivity index (χ3n) is 4.19. The number of halogens is 1. The van der Waals surface area contributed by atoms with Crippen LogP contribution in [0, 0.1) is 5.95 Å². The van der Waals surface area contributed by atoms with Crippen LogP contribution in [-0.4, -0.2) is 24.2 Å². The van der Waals surface area contributed by atoms with Crippen LogP contribution < -0.4 is 11.1 Å². The molecule has 0 unspecified atom stereocenters. The number of nitrogens with zero attached hydrogens (tertiary/aromatic N) is 1. The molecule has 9 heteroatoms. The molecule has 0 bridgehead atoms. The van der Waals surface area contributed by atoms with Crippen molar-refractivity contribution in [1.29, 1.82) is 0 Å².